The molecule has 0 unspecified atom stereocenters. The number of benzene rings is 1. The van der Waals surface area contributed by atoms with Gasteiger partial charge in [0.05, 0.1) is 5.39 Å². The van der Waals surface area contributed by atoms with Gasteiger partial charge in [0, 0.05) is 11.8 Å². The van der Waals surface area contributed by atoms with Crippen LogP contribution in [0.3, 0.4) is 0 Å². The zero-order chi connectivity index (χ0) is 19.5. The first-order valence-electron chi connectivity index (χ1n) is 9.02. The summed E-state index contributed by atoms with van der Waals surface area (Å²) in [5.74, 6) is -0.953. The Morgan fingerprint density at radius 2 is 1.86 bits per heavy atom. The molecule has 1 aromatic carbocycles. The van der Waals surface area contributed by atoms with E-state index in [2.05, 4.69) is 9.97 Å². The zero-order valence-corrected chi connectivity index (χ0v) is 16.0. The molecule has 144 valence electrons. The fraction of sp³-hybridized carbons (Fsp3) is 0.350. The van der Waals surface area contributed by atoms with Gasteiger partial charge in [-0.15, -0.1) is 0 Å². The van der Waals surface area contributed by atoms with Gasteiger partial charge in [0.25, 0.3) is 0 Å². The maximum atomic E-state index is 13.1. The average Bonchev–Trinajstić information content (AvgIpc) is 3.33. The molecule has 0 N–H and O–H groups in total. The number of aromatic nitrogens is 3. The molecule has 0 bridgehead atoms. The van der Waals surface area contributed by atoms with Gasteiger partial charge in [-0.25, -0.2) is 9.97 Å². The largest absolute Gasteiger partial charge is 0.341 e. The molecule has 4 atom stereocenters. The Hall–Kier alpha value is -2.32. The van der Waals surface area contributed by atoms with E-state index >= 15 is 0 Å². The van der Waals surface area contributed by atoms with Gasteiger partial charge in [0.15, 0.2) is 23.9 Å². The van der Waals surface area contributed by atoms with Gasteiger partial charge in [-0.3, -0.25) is 4.79 Å². The lowest BCUT2D eigenvalue weighted by Crippen LogP contribution is -2.35. The Morgan fingerprint density at radius 3 is 2.64 bits per heavy atom. The molecule has 2 aromatic heterocycles. The second kappa shape index (κ2) is 6.35. The zero-order valence-electron chi connectivity index (χ0n) is 15.3. The molecule has 0 spiro atoms. The van der Waals surface area contributed by atoms with Crippen molar-refractivity contribution in [3.8, 4) is 0 Å². The second-order valence-electron chi connectivity index (χ2n) is 7.37. The number of nitrogens with zero attached hydrogens (tertiary/aromatic N) is 3. The van der Waals surface area contributed by atoms with Crippen LogP contribution in [0.4, 0.5) is 0 Å². The molecular formula is C20H18ClN3O4. The summed E-state index contributed by atoms with van der Waals surface area (Å²) in [5.41, 5.74) is 1.19. The van der Waals surface area contributed by atoms with Crippen LogP contribution in [-0.4, -0.2) is 44.4 Å². The number of carbonyl (C=O) groups excluding carboxylic acids is 1. The van der Waals surface area contributed by atoms with Crippen molar-refractivity contribution in [2.24, 2.45) is 0 Å². The minimum absolute atomic E-state index is 0.136. The highest BCUT2D eigenvalue weighted by atomic mass is 35.5. The van der Waals surface area contributed by atoms with E-state index in [1.165, 1.54) is 6.33 Å². The number of rotatable bonds is 3. The third-order valence-corrected chi connectivity index (χ3v) is 5.38. The molecule has 2 saturated heterocycles. The number of Topliss-reactive ketones (excluding diaryl/α,β-unsaturated/α-hetero) is 1. The first kappa shape index (κ1) is 17.8. The highest BCUT2D eigenvalue weighted by molar-refractivity contribution is 6.33. The third kappa shape index (κ3) is 2.74. The summed E-state index contributed by atoms with van der Waals surface area (Å²) < 4.78 is 20.2. The molecule has 7 nitrogen and oxygen atoms in total. The van der Waals surface area contributed by atoms with Gasteiger partial charge in [0.1, 0.15) is 29.3 Å². The van der Waals surface area contributed by atoms with E-state index in [1.54, 1.807) is 12.1 Å². The van der Waals surface area contributed by atoms with Crippen molar-refractivity contribution in [3.63, 3.8) is 0 Å². The Kier molecular flexibility index (Phi) is 4.03. The fourth-order valence-electron chi connectivity index (χ4n) is 3.92. The molecule has 5 rings (SSSR count). The van der Waals surface area contributed by atoms with Gasteiger partial charge >= 0.3 is 0 Å². The van der Waals surface area contributed by atoms with Crippen molar-refractivity contribution < 1.29 is 19.0 Å². The number of ether oxygens (including phenoxy) is 3. The summed E-state index contributed by atoms with van der Waals surface area (Å²) >= 11 is 6.18. The molecule has 8 heteroatoms. The Labute approximate surface area is 166 Å². The van der Waals surface area contributed by atoms with Crippen molar-refractivity contribution >= 4 is 28.4 Å². The van der Waals surface area contributed by atoms with Gasteiger partial charge < -0.3 is 18.8 Å². The van der Waals surface area contributed by atoms with E-state index < -0.39 is 30.3 Å². The van der Waals surface area contributed by atoms with Crippen molar-refractivity contribution in [1.82, 2.24) is 14.5 Å². The van der Waals surface area contributed by atoms with Crippen molar-refractivity contribution in [1.29, 1.82) is 0 Å². The SMILES string of the molecule is CC1(C)O[C@@H]2[C@H](O1)[C@@H](C(=O)c1ccccc1)O[C@H]2n1ccc2c(Cl)ncnc21. The lowest BCUT2D eigenvalue weighted by atomic mass is 10.0. The van der Waals surface area contributed by atoms with E-state index in [0.717, 1.165) is 0 Å². The van der Waals surface area contributed by atoms with E-state index in [4.69, 9.17) is 25.8 Å². The monoisotopic (exact) mass is 399 g/mol. The number of halogens is 1. The molecule has 0 amide bonds. The summed E-state index contributed by atoms with van der Waals surface area (Å²) in [7, 11) is 0. The van der Waals surface area contributed by atoms with E-state index in [9.17, 15) is 4.79 Å². The molecule has 28 heavy (non-hydrogen) atoms. The number of hydrogen-bond donors (Lipinski definition) is 0. The standard InChI is InChI=1S/C20H18ClN3O4/c1-20(2)27-15-14(13(25)11-6-4-3-5-7-11)26-19(16(15)28-20)24-9-8-12-17(21)22-10-23-18(12)24/h3-10,14-16,19H,1-2H3/t14-,15-,16-,19-/m1/s1. The number of ketones is 1. The molecule has 0 aliphatic carbocycles. The Bertz CT molecular complexity index is 1050. The molecule has 2 aliphatic rings. The van der Waals surface area contributed by atoms with E-state index in [0.29, 0.717) is 21.7 Å². The first-order chi connectivity index (χ1) is 13.4. The average molecular weight is 400 g/mol. The number of fused-ring (bicyclic) bond motifs is 2. The van der Waals surface area contributed by atoms with Crippen LogP contribution in [0.25, 0.3) is 11.0 Å². The lowest BCUT2D eigenvalue weighted by Gasteiger charge is -2.24. The van der Waals surface area contributed by atoms with Crippen LogP contribution in [0.2, 0.25) is 5.15 Å². The van der Waals surface area contributed by atoms with Crippen molar-refractivity contribution in [3.05, 3.63) is 59.6 Å². The van der Waals surface area contributed by atoms with Crippen LogP contribution in [-0.2, 0) is 14.2 Å². The molecule has 0 saturated carbocycles. The highest BCUT2D eigenvalue weighted by Gasteiger charge is 2.58. The van der Waals surface area contributed by atoms with Crippen LogP contribution in [0, 0.1) is 0 Å². The Balaban J connectivity index is 1.56. The maximum Gasteiger partial charge on any atom is 0.194 e. The Morgan fingerprint density at radius 1 is 1.11 bits per heavy atom. The normalized spacial score (nSPS) is 28.5. The van der Waals surface area contributed by atoms with Crippen molar-refractivity contribution in [2.75, 3.05) is 0 Å². The lowest BCUT2D eigenvalue weighted by molar-refractivity contribution is -0.190. The minimum atomic E-state index is -0.817. The molecule has 3 aromatic rings. The predicted molar refractivity (Wildman–Crippen MR) is 101 cm³/mol. The summed E-state index contributed by atoms with van der Waals surface area (Å²) in [6.07, 6.45) is 0.869. The summed E-state index contributed by atoms with van der Waals surface area (Å²) in [6.45, 7) is 3.67. The molecule has 4 heterocycles. The van der Waals surface area contributed by atoms with Gasteiger partial charge in [0.2, 0.25) is 0 Å². The smallest absolute Gasteiger partial charge is 0.194 e. The van der Waals surface area contributed by atoms with E-state index in [-0.39, 0.29) is 5.78 Å². The van der Waals surface area contributed by atoms with Gasteiger partial charge in [-0.05, 0) is 19.9 Å². The van der Waals surface area contributed by atoms with Crippen LogP contribution in [0.15, 0.2) is 48.9 Å². The summed E-state index contributed by atoms with van der Waals surface area (Å²) in [5, 5.41) is 1.07. The molecule has 0 radical (unpaired) electrons. The van der Waals surface area contributed by atoms with Crippen LogP contribution in [0.5, 0.6) is 0 Å². The van der Waals surface area contributed by atoms with E-state index in [1.807, 2.05) is 48.9 Å². The molecule has 2 aliphatic heterocycles. The topological polar surface area (TPSA) is 75.5 Å². The summed E-state index contributed by atoms with van der Waals surface area (Å²) in [6, 6.07) is 10.9. The number of hydrogen-bond acceptors (Lipinski definition) is 6. The van der Waals surface area contributed by atoms with Crippen LogP contribution in [0.1, 0.15) is 30.4 Å². The predicted octanol–water partition coefficient (Wildman–Crippen LogP) is 3.39. The highest BCUT2D eigenvalue weighted by Crippen LogP contribution is 2.44. The van der Waals surface area contributed by atoms with Crippen LogP contribution < -0.4 is 0 Å². The maximum absolute atomic E-state index is 13.1. The van der Waals surface area contributed by atoms with Gasteiger partial charge in [-0.1, -0.05) is 41.9 Å². The fourth-order valence-corrected chi connectivity index (χ4v) is 4.12. The number of carbonyl (C=O) groups is 1. The molecular weight excluding hydrogens is 382 g/mol. The minimum Gasteiger partial charge on any atom is -0.341 e. The van der Waals surface area contributed by atoms with Crippen molar-refractivity contribution in [2.45, 2.75) is 44.2 Å². The third-order valence-electron chi connectivity index (χ3n) is 5.08. The van der Waals surface area contributed by atoms with Crippen LogP contribution >= 0.6 is 11.6 Å². The molecule has 2 fully saturated rings. The van der Waals surface area contributed by atoms with Gasteiger partial charge in [-0.2, -0.15) is 0 Å². The first-order valence-corrected chi connectivity index (χ1v) is 9.40. The quantitative estimate of drug-likeness (QED) is 0.496. The summed E-state index contributed by atoms with van der Waals surface area (Å²) in [4.78, 5) is 21.5. The second-order valence-corrected chi connectivity index (χ2v) is 7.73.